The summed E-state index contributed by atoms with van der Waals surface area (Å²) in [5, 5.41) is 0. The van der Waals surface area contributed by atoms with Crippen LogP contribution in [-0.4, -0.2) is 44.5 Å². The van der Waals surface area contributed by atoms with Crippen LogP contribution in [0.2, 0.25) is 0 Å². The number of halogens is 1. The molecule has 0 heterocycles. The lowest BCUT2D eigenvalue weighted by atomic mass is 10.1. The normalized spacial score (nSPS) is 12.4. The zero-order chi connectivity index (χ0) is 13.5. The highest BCUT2D eigenvalue weighted by molar-refractivity contribution is 5.78. The number of nitrogens with zero attached hydrogens (tertiary/aromatic N) is 2. The van der Waals surface area contributed by atoms with Crippen LogP contribution >= 0.6 is 0 Å². The minimum atomic E-state index is -0.608. The van der Waals surface area contributed by atoms with Crippen LogP contribution in [0.25, 0.3) is 0 Å². The van der Waals surface area contributed by atoms with Crippen molar-refractivity contribution in [3.05, 3.63) is 35.6 Å². The van der Waals surface area contributed by atoms with E-state index in [4.69, 9.17) is 4.74 Å². The molecule has 0 spiro atoms. The number of carbonyl (C=O) groups is 1. The zero-order valence-corrected chi connectivity index (χ0v) is 10.8. The molecule has 0 aromatic heterocycles. The SMILES string of the molecule is COC(=O)C(Cc1ccc(F)cc1)N=CN(C)C. The molecule has 98 valence electrons. The highest BCUT2D eigenvalue weighted by Gasteiger charge is 2.18. The number of rotatable bonds is 5. The molecule has 5 heteroatoms. The average molecular weight is 252 g/mol. The molecule has 1 aromatic rings. The quantitative estimate of drug-likeness (QED) is 0.453. The molecule has 1 rings (SSSR count). The Morgan fingerprint density at radius 2 is 2.06 bits per heavy atom. The lowest BCUT2D eigenvalue weighted by Gasteiger charge is -2.11. The van der Waals surface area contributed by atoms with Gasteiger partial charge in [-0.05, 0) is 17.7 Å². The van der Waals surface area contributed by atoms with Crippen molar-refractivity contribution in [1.29, 1.82) is 0 Å². The van der Waals surface area contributed by atoms with Gasteiger partial charge in [-0.2, -0.15) is 0 Å². The fraction of sp³-hybridized carbons (Fsp3) is 0.385. The fourth-order valence-corrected chi connectivity index (χ4v) is 1.39. The molecule has 1 unspecified atom stereocenters. The third-order valence-electron chi connectivity index (χ3n) is 2.29. The van der Waals surface area contributed by atoms with E-state index in [1.807, 2.05) is 14.1 Å². The van der Waals surface area contributed by atoms with Gasteiger partial charge in [-0.3, -0.25) is 4.99 Å². The molecule has 0 saturated heterocycles. The minimum Gasteiger partial charge on any atom is -0.467 e. The van der Waals surface area contributed by atoms with E-state index in [2.05, 4.69) is 4.99 Å². The lowest BCUT2D eigenvalue weighted by molar-refractivity contribution is -0.142. The van der Waals surface area contributed by atoms with Crippen LogP contribution in [0.5, 0.6) is 0 Å². The smallest absolute Gasteiger partial charge is 0.330 e. The molecule has 1 aromatic carbocycles. The van der Waals surface area contributed by atoms with Gasteiger partial charge >= 0.3 is 5.97 Å². The fourth-order valence-electron chi connectivity index (χ4n) is 1.39. The summed E-state index contributed by atoms with van der Waals surface area (Å²) in [6.45, 7) is 0. The van der Waals surface area contributed by atoms with Gasteiger partial charge in [-0.25, -0.2) is 9.18 Å². The first-order valence-corrected chi connectivity index (χ1v) is 5.55. The van der Waals surface area contributed by atoms with Crippen molar-refractivity contribution in [2.75, 3.05) is 21.2 Å². The lowest BCUT2D eigenvalue weighted by Crippen LogP contribution is -2.24. The third kappa shape index (κ3) is 4.53. The summed E-state index contributed by atoms with van der Waals surface area (Å²) in [5.74, 6) is -0.706. The monoisotopic (exact) mass is 252 g/mol. The Bertz CT molecular complexity index is 416. The van der Waals surface area contributed by atoms with Gasteiger partial charge in [0.1, 0.15) is 5.82 Å². The number of esters is 1. The predicted octanol–water partition coefficient (Wildman–Crippen LogP) is 1.50. The Kier molecular flexibility index (Phi) is 5.30. The number of carbonyl (C=O) groups excluding carboxylic acids is 1. The number of methoxy groups -OCH3 is 1. The Morgan fingerprint density at radius 3 is 2.56 bits per heavy atom. The summed E-state index contributed by atoms with van der Waals surface area (Å²) in [6, 6.07) is 5.38. The van der Waals surface area contributed by atoms with Crippen LogP contribution in [0.3, 0.4) is 0 Å². The van der Waals surface area contributed by atoms with Gasteiger partial charge in [0.25, 0.3) is 0 Å². The van der Waals surface area contributed by atoms with Gasteiger partial charge in [0, 0.05) is 20.5 Å². The van der Waals surface area contributed by atoms with Crippen LogP contribution in [0.15, 0.2) is 29.3 Å². The maximum Gasteiger partial charge on any atom is 0.330 e. The largest absolute Gasteiger partial charge is 0.467 e. The van der Waals surface area contributed by atoms with Crippen LogP contribution in [0, 0.1) is 5.82 Å². The first-order valence-electron chi connectivity index (χ1n) is 5.55. The summed E-state index contributed by atoms with van der Waals surface area (Å²) in [6.07, 6.45) is 1.95. The summed E-state index contributed by atoms with van der Waals surface area (Å²) >= 11 is 0. The van der Waals surface area contributed by atoms with E-state index in [9.17, 15) is 9.18 Å². The number of aliphatic imine (C=N–C) groups is 1. The van der Waals surface area contributed by atoms with E-state index in [-0.39, 0.29) is 5.82 Å². The van der Waals surface area contributed by atoms with Gasteiger partial charge in [0.2, 0.25) is 0 Å². The molecule has 0 radical (unpaired) electrons. The molecule has 0 aliphatic carbocycles. The summed E-state index contributed by atoms with van der Waals surface area (Å²) in [5.41, 5.74) is 0.836. The molecule has 0 aliphatic rings. The van der Waals surface area contributed by atoms with E-state index in [1.165, 1.54) is 19.2 Å². The standard InChI is InChI=1S/C13H17FN2O2/c1-16(2)9-15-12(13(17)18-3)8-10-4-6-11(14)7-5-10/h4-7,9,12H,8H2,1-3H3. The highest BCUT2D eigenvalue weighted by atomic mass is 19.1. The summed E-state index contributed by atoms with van der Waals surface area (Å²) in [7, 11) is 4.96. The van der Waals surface area contributed by atoms with Crippen molar-refractivity contribution < 1.29 is 13.9 Å². The first kappa shape index (κ1) is 14.2. The van der Waals surface area contributed by atoms with Crippen molar-refractivity contribution in [2.24, 2.45) is 4.99 Å². The van der Waals surface area contributed by atoms with Crippen molar-refractivity contribution in [1.82, 2.24) is 4.90 Å². The average Bonchev–Trinajstić information content (AvgIpc) is 2.35. The molecule has 0 amide bonds. The molecule has 0 aliphatic heterocycles. The first-order chi connectivity index (χ1) is 8.52. The Hall–Kier alpha value is -1.91. The molecular weight excluding hydrogens is 235 g/mol. The number of hydrogen-bond donors (Lipinski definition) is 0. The highest BCUT2D eigenvalue weighted by Crippen LogP contribution is 2.09. The maximum atomic E-state index is 12.8. The van der Waals surface area contributed by atoms with Crippen LogP contribution in [0.4, 0.5) is 4.39 Å². The van der Waals surface area contributed by atoms with Crippen LogP contribution in [-0.2, 0) is 16.0 Å². The maximum absolute atomic E-state index is 12.8. The van der Waals surface area contributed by atoms with Gasteiger partial charge < -0.3 is 9.64 Å². The van der Waals surface area contributed by atoms with Crippen molar-refractivity contribution in [2.45, 2.75) is 12.5 Å². The molecule has 4 nitrogen and oxygen atoms in total. The van der Waals surface area contributed by atoms with Crippen molar-refractivity contribution in [3.8, 4) is 0 Å². The molecule has 0 fully saturated rings. The number of benzene rings is 1. The molecule has 0 N–H and O–H groups in total. The molecular formula is C13H17FN2O2. The van der Waals surface area contributed by atoms with Gasteiger partial charge in [-0.15, -0.1) is 0 Å². The summed E-state index contributed by atoms with van der Waals surface area (Å²) in [4.78, 5) is 17.4. The zero-order valence-electron chi connectivity index (χ0n) is 10.8. The number of hydrogen-bond acceptors (Lipinski definition) is 3. The van der Waals surface area contributed by atoms with E-state index >= 15 is 0 Å². The van der Waals surface area contributed by atoms with Crippen molar-refractivity contribution in [3.63, 3.8) is 0 Å². The number of ether oxygens (including phenoxy) is 1. The summed E-state index contributed by atoms with van der Waals surface area (Å²) < 4.78 is 17.5. The Labute approximate surface area is 106 Å². The molecule has 18 heavy (non-hydrogen) atoms. The third-order valence-corrected chi connectivity index (χ3v) is 2.29. The predicted molar refractivity (Wildman–Crippen MR) is 68.1 cm³/mol. The molecule has 0 saturated carbocycles. The van der Waals surface area contributed by atoms with E-state index < -0.39 is 12.0 Å². The van der Waals surface area contributed by atoms with Gasteiger partial charge in [0.15, 0.2) is 6.04 Å². The van der Waals surface area contributed by atoms with Crippen molar-refractivity contribution >= 4 is 12.3 Å². The minimum absolute atomic E-state index is 0.301. The van der Waals surface area contributed by atoms with Crippen LogP contribution < -0.4 is 0 Å². The Morgan fingerprint density at radius 1 is 1.44 bits per heavy atom. The second kappa shape index (κ2) is 6.74. The second-order valence-electron chi connectivity index (χ2n) is 4.10. The van der Waals surface area contributed by atoms with Gasteiger partial charge in [0.05, 0.1) is 13.4 Å². The Balaban J connectivity index is 2.78. The van der Waals surface area contributed by atoms with E-state index in [0.29, 0.717) is 6.42 Å². The molecule has 1 atom stereocenters. The van der Waals surface area contributed by atoms with E-state index in [0.717, 1.165) is 5.56 Å². The topological polar surface area (TPSA) is 41.9 Å². The van der Waals surface area contributed by atoms with Crippen LogP contribution in [0.1, 0.15) is 5.56 Å². The van der Waals surface area contributed by atoms with E-state index in [1.54, 1.807) is 23.4 Å². The second-order valence-corrected chi connectivity index (χ2v) is 4.10. The van der Waals surface area contributed by atoms with Gasteiger partial charge in [-0.1, -0.05) is 12.1 Å². The molecule has 0 bridgehead atoms.